The minimum Gasteiger partial charge on any atom is -0.397 e. The first-order valence-electron chi connectivity index (χ1n) is 10.1. The number of nitrogens with one attached hydrogen (secondary N) is 1. The Bertz CT molecular complexity index is 1340. The molecule has 3 aromatic heterocycles. The summed E-state index contributed by atoms with van der Waals surface area (Å²) in [6.07, 6.45) is 5.84. The number of hydrogen-bond donors (Lipinski definition) is 2. The van der Waals surface area contributed by atoms with Gasteiger partial charge in [-0.3, -0.25) is 9.39 Å². The fourth-order valence-electron chi connectivity index (χ4n) is 3.17. The number of aliphatic imine (C=N–C) groups is 1. The lowest BCUT2D eigenvalue weighted by Gasteiger charge is -2.10. The van der Waals surface area contributed by atoms with Crippen LogP contribution in [-0.2, 0) is 0 Å². The van der Waals surface area contributed by atoms with Crippen LogP contribution in [0.5, 0.6) is 0 Å². The van der Waals surface area contributed by atoms with E-state index < -0.39 is 0 Å². The number of anilines is 2. The third-order valence-corrected chi connectivity index (χ3v) is 7.06. The fourth-order valence-corrected chi connectivity index (χ4v) is 5.17. The highest BCUT2D eigenvalue weighted by Gasteiger charge is 2.08. The van der Waals surface area contributed by atoms with Crippen LogP contribution in [0.15, 0.2) is 82.9 Å². The molecule has 7 heteroatoms. The Labute approximate surface area is 196 Å². The summed E-state index contributed by atoms with van der Waals surface area (Å²) in [5.74, 6) is 0. The Morgan fingerprint density at radius 3 is 2.84 bits per heavy atom. The van der Waals surface area contributed by atoms with Crippen molar-refractivity contribution in [3.63, 3.8) is 0 Å². The minimum absolute atomic E-state index is 0.700. The molecule has 3 N–H and O–H groups in total. The largest absolute Gasteiger partial charge is 0.397 e. The first-order chi connectivity index (χ1) is 15.4. The van der Waals surface area contributed by atoms with Crippen molar-refractivity contribution in [3.05, 3.63) is 89.8 Å². The number of aromatic nitrogens is 2. The number of allylic oxidation sites excluding steroid dienone is 1. The quantitative estimate of drug-likeness (QED) is 0.142. The summed E-state index contributed by atoms with van der Waals surface area (Å²) in [6.45, 7) is 10.3. The normalized spacial score (nSPS) is 12.3. The standard InChI is InChI=1S/C25H25N5S2/c1-16-11-12-30-22(15-28-24(30)13-16)17(2)14-27-19(4)31-25-10-9-23(32-25)18(3)29-21-8-6-5-7-20(21)26/h5-15,29H,3,26H2,1-2,4H3/b17-14+,27-19?. The Morgan fingerprint density at radius 1 is 1.22 bits per heavy atom. The lowest BCUT2D eigenvalue weighted by molar-refractivity contribution is 1.14. The van der Waals surface area contributed by atoms with Crippen LogP contribution in [-0.4, -0.2) is 14.4 Å². The molecule has 1 aromatic carbocycles. The molecule has 0 atom stereocenters. The van der Waals surface area contributed by atoms with Crippen LogP contribution in [0.25, 0.3) is 16.9 Å². The molecule has 0 fully saturated rings. The van der Waals surface area contributed by atoms with Crippen molar-refractivity contribution < 1.29 is 0 Å². The Balaban J connectivity index is 1.43. The number of aryl methyl sites for hydroxylation is 1. The average molecular weight is 460 g/mol. The first-order valence-corrected chi connectivity index (χ1v) is 11.8. The van der Waals surface area contributed by atoms with Gasteiger partial charge in [0.05, 0.1) is 37.4 Å². The third kappa shape index (κ3) is 4.95. The summed E-state index contributed by atoms with van der Waals surface area (Å²) in [5, 5.41) is 4.27. The second-order valence-corrected chi connectivity index (χ2v) is 10.0. The number of rotatable bonds is 6. The molecule has 0 aliphatic rings. The average Bonchev–Trinajstić information content (AvgIpc) is 3.40. The number of hydrogen-bond acceptors (Lipinski definition) is 6. The van der Waals surface area contributed by atoms with E-state index >= 15 is 0 Å². The van der Waals surface area contributed by atoms with E-state index in [0.717, 1.165) is 42.4 Å². The maximum absolute atomic E-state index is 6.02. The zero-order chi connectivity index (χ0) is 22.7. The van der Waals surface area contributed by atoms with Crippen molar-refractivity contribution in [1.29, 1.82) is 0 Å². The molecule has 0 unspecified atom stereocenters. The molecule has 0 saturated heterocycles. The molecule has 0 saturated carbocycles. The molecule has 0 bridgehead atoms. The van der Waals surface area contributed by atoms with Gasteiger partial charge in [-0.25, -0.2) is 4.98 Å². The lowest BCUT2D eigenvalue weighted by Crippen LogP contribution is -1.99. The van der Waals surface area contributed by atoms with Gasteiger partial charge < -0.3 is 11.1 Å². The molecule has 0 aliphatic heterocycles. The van der Waals surface area contributed by atoms with E-state index in [0.29, 0.717) is 5.69 Å². The van der Waals surface area contributed by atoms with Crippen LogP contribution < -0.4 is 11.1 Å². The molecule has 3 heterocycles. The molecule has 5 nitrogen and oxygen atoms in total. The van der Waals surface area contributed by atoms with Crippen molar-refractivity contribution in [2.75, 3.05) is 11.1 Å². The summed E-state index contributed by atoms with van der Waals surface area (Å²) in [5.41, 5.74) is 12.7. The number of thiophene rings is 1. The van der Waals surface area contributed by atoms with Crippen molar-refractivity contribution >= 4 is 56.4 Å². The van der Waals surface area contributed by atoms with Gasteiger partial charge >= 0.3 is 0 Å². The smallest absolute Gasteiger partial charge is 0.137 e. The van der Waals surface area contributed by atoms with Gasteiger partial charge in [0.2, 0.25) is 0 Å². The van der Waals surface area contributed by atoms with Gasteiger partial charge in [-0.2, -0.15) is 0 Å². The van der Waals surface area contributed by atoms with E-state index in [2.05, 4.69) is 64.4 Å². The van der Waals surface area contributed by atoms with Gasteiger partial charge in [-0.05, 0) is 68.3 Å². The van der Waals surface area contributed by atoms with Crippen molar-refractivity contribution in [2.45, 2.75) is 25.0 Å². The Kier molecular flexibility index (Phi) is 6.48. The zero-order valence-corrected chi connectivity index (χ0v) is 19.9. The molecule has 0 radical (unpaired) electrons. The van der Waals surface area contributed by atoms with Gasteiger partial charge in [0.1, 0.15) is 5.65 Å². The number of thioether (sulfide) groups is 1. The van der Waals surface area contributed by atoms with Crippen LogP contribution in [0.4, 0.5) is 11.4 Å². The van der Waals surface area contributed by atoms with E-state index in [1.807, 2.05) is 49.8 Å². The highest BCUT2D eigenvalue weighted by Crippen LogP contribution is 2.33. The second-order valence-electron chi connectivity index (χ2n) is 7.45. The van der Waals surface area contributed by atoms with Gasteiger partial charge in [0.15, 0.2) is 0 Å². The van der Waals surface area contributed by atoms with Crippen molar-refractivity contribution in [2.24, 2.45) is 4.99 Å². The number of benzene rings is 1. The molecular formula is C25H25N5S2. The maximum Gasteiger partial charge on any atom is 0.137 e. The summed E-state index contributed by atoms with van der Waals surface area (Å²) in [4.78, 5) is 10.2. The van der Waals surface area contributed by atoms with E-state index in [-0.39, 0.29) is 0 Å². The Hall–Kier alpha value is -3.29. The van der Waals surface area contributed by atoms with Gasteiger partial charge in [-0.1, -0.05) is 30.5 Å². The number of imidazole rings is 1. The number of fused-ring (bicyclic) bond motifs is 1. The third-order valence-electron chi connectivity index (χ3n) is 4.89. The molecule has 0 aliphatic carbocycles. The van der Waals surface area contributed by atoms with E-state index in [4.69, 9.17) is 5.73 Å². The monoisotopic (exact) mass is 459 g/mol. The zero-order valence-electron chi connectivity index (χ0n) is 18.3. The molecule has 4 aromatic rings. The van der Waals surface area contributed by atoms with E-state index in [1.54, 1.807) is 23.1 Å². The topological polar surface area (TPSA) is 67.7 Å². The molecule has 0 spiro atoms. The molecule has 0 amide bonds. The van der Waals surface area contributed by atoms with E-state index in [9.17, 15) is 0 Å². The Morgan fingerprint density at radius 2 is 2.03 bits per heavy atom. The lowest BCUT2D eigenvalue weighted by atomic mass is 10.2. The number of nitrogen functional groups attached to an aromatic ring is 1. The van der Waals surface area contributed by atoms with Crippen molar-refractivity contribution in [1.82, 2.24) is 9.38 Å². The van der Waals surface area contributed by atoms with Gasteiger partial charge in [-0.15, -0.1) is 11.3 Å². The highest BCUT2D eigenvalue weighted by molar-refractivity contribution is 8.15. The van der Waals surface area contributed by atoms with Crippen LogP contribution in [0.2, 0.25) is 0 Å². The number of nitrogens with zero attached hydrogens (tertiary/aromatic N) is 3. The summed E-state index contributed by atoms with van der Waals surface area (Å²) < 4.78 is 3.24. The predicted molar refractivity (Wildman–Crippen MR) is 140 cm³/mol. The van der Waals surface area contributed by atoms with Crippen LogP contribution in [0.3, 0.4) is 0 Å². The molecular weight excluding hydrogens is 434 g/mol. The molecule has 4 rings (SSSR count). The summed E-state index contributed by atoms with van der Waals surface area (Å²) >= 11 is 3.32. The number of nitrogens with two attached hydrogens (primary N) is 1. The minimum atomic E-state index is 0.700. The number of para-hydroxylation sites is 2. The van der Waals surface area contributed by atoms with Crippen LogP contribution >= 0.6 is 23.1 Å². The van der Waals surface area contributed by atoms with E-state index in [1.165, 1.54) is 5.56 Å². The molecule has 32 heavy (non-hydrogen) atoms. The van der Waals surface area contributed by atoms with Gasteiger partial charge in [0, 0.05) is 18.1 Å². The van der Waals surface area contributed by atoms with Crippen molar-refractivity contribution in [3.8, 4) is 0 Å². The molecule has 162 valence electrons. The number of pyridine rings is 1. The summed E-state index contributed by atoms with van der Waals surface area (Å²) in [7, 11) is 0. The fraction of sp³-hybridized carbons (Fsp3) is 0.120. The van der Waals surface area contributed by atoms with Gasteiger partial charge in [0.25, 0.3) is 0 Å². The summed E-state index contributed by atoms with van der Waals surface area (Å²) in [6, 6.07) is 16.0. The first kappa shape index (κ1) is 21.9. The maximum atomic E-state index is 6.02. The highest BCUT2D eigenvalue weighted by atomic mass is 32.2. The van der Waals surface area contributed by atoms with Crippen LogP contribution in [0, 0.1) is 6.92 Å². The second kappa shape index (κ2) is 9.46. The predicted octanol–water partition coefficient (Wildman–Crippen LogP) is 6.94. The SMILES string of the molecule is C=C(Nc1ccccc1N)c1ccc(SC(C)=N/C=C(\C)c2cnc3cc(C)ccn23)s1. The van der Waals surface area contributed by atoms with Crippen LogP contribution in [0.1, 0.15) is 30.0 Å².